The third kappa shape index (κ3) is 2.71. The molecule has 0 radical (unpaired) electrons. The van der Waals surface area contributed by atoms with E-state index >= 15 is 0 Å². The van der Waals surface area contributed by atoms with E-state index in [0.29, 0.717) is 11.7 Å². The van der Waals surface area contributed by atoms with Crippen molar-refractivity contribution < 1.29 is 4.52 Å². The Hall–Kier alpha value is -2.18. The molecular weight excluding hydrogens is 258 g/mol. The lowest BCUT2D eigenvalue weighted by atomic mass is 10.1. The Morgan fingerprint density at radius 3 is 2.75 bits per heavy atom. The standard InChI is InChI=1S/C13H17N5O2/c1-10-15-12(20-16-10)9-18-13(19)7-11(8-14-18)17-5-3-2-4-6-17/h7-8H,2-6,9H2,1H3. The number of rotatable bonds is 3. The Bertz CT molecular complexity index is 642. The molecular formula is C13H17N5O2. The fourth-order valence-corrected chi connectivity index (χ4v) is 2.40. The van der Waals surface area contributed by atoms with Gasteiger partial charge in [-0.15, -0.1) is 0 Å². The average molecular weight is 275 g/mol. The Balaban J connectivity index is 1.78. The molecule has 0 aromatic carbocycles. The van der Waals surface area contributed by atoms with Gasteiger partial charge in [0.15, 0.2) is 5.82 Å². The summed E-state index contributed by atoms with van der Waals surface area (Å²) in [5.74, 6) is 0.945. The Morgan fingerprint density at radius 1 is 1.30 bits per heavy atom. The van der Waals surface area contributed by atoms with Crippen molar-refractivity contribution in [2.75, 3.05) is 18.0 Å². The van der Waals surface area contributed by atoms with Crippen molar-refractivity contribution in [1.82, 2.24) is 19.9 Å². The van der Waals surface area contributed by atoms with Crippen LogP contribution in [-0.4, -0.2) is 33.0 Å². The number of hydrogen-bond acceptors (Lipinski definition) is 6. The highest BCUT2D eigenvalue weighted by Gasteiger charge is 2.13. The molecule has 1 fully saturated rings. The maximum Gasteiger partial charge on any atom is 0.269 e. The normalized spacial score (nSPS) is 15.6. The van der Waals surface area contributed by atoms with Crippen LogP contribution in [0.25, 0.3) is 0 Å². The summed E-state index contributed by atoms with van der Waals surface area (Å²) in [7, 11) is 0. The molecule has 1 saturated heterocycles. The zero-order chi connectivity index (χ0) is 13.9. The highest BCUT2D eigenvalue weighted by Crippen LogP contribution is 2.16. The molecule has 2 aromatic rings. The molecule has 2 aromatic heterocycles. The van der Waals surface area contributed by atoms with Crippen LogP contribution in [0, 0.1) is 6.92 Å². The number of anilines is 1. The van der Waals surface area contributed by atoms with Crippen molar-refractivity contribution in [2.45, 2.75) is 32.7 Å². The van der Waals surface area contributed by atoms with Gasteiger partial charge in [-0.2, -0.15) is 10.1 Å². The van der Waals surface area contributed by atoms with Crippen LogP contribution in [-0.2, 0) is 6.54 Å². The van der Waals surface area contributed by atoms with Crippen molar-refractivity contribution in [3.8, 4) is 0 Å². The molecule has 7 heteroatoms. The molecule has 1 aliphatic heterocycles. The summed E-state index contributed by atoms with van der Waals surface area (Å²) in [5, 5.41) is 7.89. The number of hydrogen-bond donors (Lipinski definition) is 0. The zero-order valence-corrected chi connectivity index (χ0v) is 11.4. The SMILES string of the molecule is Cc1noc(Cn2ncc(N3CCCCC3)cc2=O)n1. The molecule has 106 valence electrons. The van der Waals surface area contributed by atoms with Crippen LogP contribution in [0.15, 0.2) is 21.6 Å². The maximum absolute atomic E-state index is 12.1. The number of aromatic nitrogens is 4. The Labute approximate surface area is 116 Å². The minimum absolute atomic E-state index is 0.149. The second-order valence-corrected chi connectivity index (χ2v) is 4.99. The minimum Gasteiger partial charge on any atom is -0.370 e. The van der Waals surface area contributed by atoms with E-state index < -0.39 is 0 Å². The number of nitrogens with zero attached hydrogens (tertiary/aromatic N) is 5. The largest absolute Gasteiger partial charge is 0.370 e. The summed E-state index contributed by atoms with van der Waals surface area (Å²) < 4.78 is 6.33. The van der Waals surface area contributed by atoms with Crippen LogP contribution >= 0.6 is 0 Å². The molecule has 3 rings (SSSR count). The van der Waals surface area contributed by atoms with Crippen molar-refractivity contribution in [3.63, 3.8) is 0 Å². The van der Waals surface area contributed by atoms with Crippen LogP contribution in [0.4, 0.5) is 5.69 Å². The van der Waals surface area contributed by atoms with Crippen LogP contribution in [0.5, 0.6) is 0 Å². The van der Waals surface area contributed by atoms with Crippen molar-refractivity contribution in [1.29, 1.82) is 0 Å². The summed E-state index contributed by atoms with van der Waals surface area (Å²) >= 11 is 0. The summed E-state index contributed by atoms with van der Waals surface area (Å²) in [5.41, 5.74) is 0.747. The monoisotopic (exact) mass is 275 g/mol. The van der Waals surface area contributed by atoms with Crippen LogP contribution in [0.1, 0.15) is 31.0 Å². The topological polar surface area (TPSA) is 77.0 Å². The van der Waals surface area contributed by atoms with Crippen LogP contribution in [0.2, 0.25) is 0 Å². The first-order chi connectivity index (χ1) is 9.72. The summed E-state index contributed by atoms with van der Waals surface area (Å²) in [6.45, 7) is 3.94. The lowest BCUT2D eigenvalue weighted by molar-refractivity contribution is 0.360. The summed E-state index contributed by atoms with van der Waals surface area (Å²) in [4.78, 5) is 18.4. The highest BCUT2D eigenvalue weighted by molar-refractivity contribution is 5.43. The smallest absolute Gasteiger partial charge is 0.269 e. The molecule has 0 unspecified atom stereocenters. The molecule has 0 atom stereocenters. The minimum atomic E-state index is -0.149. The van der Waals surface area contributed by atoms with E-state index in [1.165, 1.54) is 23.9 Å². The second kappa shape index (κ2) is 5.44. The van der Waals surface area contributed by atoms with E-state index in [1.807, 2.05) is 0 Å². The molecule has 1 aliphatic rings. The van der Waals surface area contributed by atoms with Crippen molar-refractivity contribution in [3.05, 3.63) is 34.3 Å². The lowest BCUT2D eigenvalue weighted by Gasteiger charge is -2.28. The predicted octanol–water partition coefficient (Wildman–Crippen LogP) is 0.973. The van der Waals surface area contributed by atoms with Gasteiger partial charge in [0.25, 0.3) is 5.56 Å². The quantitative estimate of drug-likeness (QED) is 0.830. The highest BCUT2D eigenvalue weighted by atomic mass is 16.5. The van der Waals surface area contributed by atoms with E-state index in [9.17, 15) is 4.79 Å². The van der Waals surface area contributed by atoms with Gasteiger partial charge in [0.1, 0.15) is 6.54 Å². The van der Waals surface area contributed by atoms with Gasteiger partial charge in [0, 0.05) is 19.2 Å². The van der Waals surface area contributed by atoms with E-state index in [2.05, 4.69) is 20.1 Å². The zero-order valence-electron chi connectivity index (χ0n) is 11.4. The van der Waals surface area contributed by atoms with Crippen molar-refractivity contribution in [2.24, 2.45) is 0 Å². The van der Waals surface area contributed by atoms with Gasteiger partial charge in [0.05, 0.1) is 11.9 Å². The van der Waals surface area contributed by atoms with Crippen LogP contribution < -0.4 is 10.5 Å². The fourth-order valence-electron chi connectivity index (χ4n) is 2.40. The average Bonchev–Trinajstić information content (AvgIpc) is 2.87. The molecule has 0 saturated carbocycles. The lowest BCUT2D eigenvalue weighted by Crippen LogP contribution is -2.32. The Morgan fingerprint density at radius 2 is 2.10 bits per heavy atom. The first-order valence-electron chi connectivity index (χ1n) is 6.84. The second-order valence-electron chi connectivity index (χ2n) is 4.99. The molecule has 0 bridgehead atoms. The van der Waals surface area contributed by atoms with E-state index in [-0.39, 0.29) is 12.1 Å². The molecule has 0 N–H and O–H groups in total. The molecule has 0 spiro atoms. The van der Waals surface area contributed by atoms with Gasteiger partial charge in [0.2, 0.25) is 5.89 Å². The first kappa shape index (κ1) is 12.8. The molecule has 20 heavy (non-hydrogen) atoms. The van der Waals surface area contributed by atoms with Gasteiger partial charge < -0.3 is 9.42 Å². The fraction of sp³-hybridized carbons (Fsp3) is 0.538. The first-order valence-corrected chi connectivity index (χ1v) is 6.84. The summed E-state index contributed by atoms with van der Waals surface area (Å²) in [6.07, 6.45) is 5.34. The van der Waals surface area contributed by atoms with E-state index in [1.54, 1.807) is 19.2 Å². The maximum atomic E-state index is 12.1. The van der Waals surface area contributed by atoms with E-state index in [0.717, 1.165) is 18.8 Å². The summed E-state index contributed by atoms with van der Waals surface area (Å²) in [6, 6.07) is 1.63. The third-order valence-corrected chi connectivity index (χ3v) is 3.43. The van der Waals surface area contributed by atoms with Gasteiger partial charge in [-0.25, -0.2) is 4.68 Å². The van der Waals surface area contributed by atoms with Gasteiger partial charge >= 0.3 is 0 Å². The predicted molar refractivity (Wildman–Crippen MR) is 72.7 cm³/mol. The third-order valence-electron chi connectivity index (χ3n) is 3.43. The molecule has 7 nitrogen and oxygen atoms in total. The van der Waals surface area contributed by atoms with Gasteiger partial charge in [-0.1, -0.05) is 5.16 Å². The van der Waals surface area contributed by atoms with E-state index in [4.69, 9.17) is 4.52 Å². The molecule has 3 heterocycles. The molecule has 0 amide bonds. The number of piperidine rings is 1. The van der Waals surface area contributed by atoms with Crippen molar-refractivity contribution >= 4 is 5.69 Å². The molecule has 0 aliphatic carbocycles. The number of aryl methyl sites for hydroxylation is 1. The van der Waals surface area contributed by atoms with Crippen LogP contribution in [0.3, 0.4) is 0 Å². The van der Waals surface area contributed by atoms with Gasteiger partial charge in [-0.05, 0) is 26.2 Å². The van der Waals surface area contributed by atoms with Gasteiger partial charge in [-0.3, -0.25) is 4.79 Å². The Kier molecular flexibility index (Phi) is 3.49.